The molecule has 0 aliphatic rings. The number of aryl methyl sites for hydroxylation is 1. The molecular weight excluding hydrogens is 236 g/mol. The quantitative estimate of drug-likeness (QED) is 0.841. The molecule has 1 N–H and O–H groups in total. The highest BCUT2D eigenvalue weighted by Crippen LogP contribution is 2.15. The van der Waals surface area contributed by atoms with Crippen molar-refractivity contribution < 1.29 is 9.53 Å². The number of carbonyl (C=O) groups excluding carboxylic acids is 1. The lowest BCUT2D eigenvalue weighted by Crippen LogP contribution is -2.32. The zero-order valence-corrected chi connectivity index (χ0v) is 11.9. The van der Waals surface area contributed by atoms with Crippen molar-refractivity contribution in [2.45, 2.75) is 46.3 Å². The molecule has 0 aliphatic carbocycles. The molecule has 0 saturated carbocycles. The number of hydrogen-bond donors (Lipinski definition) is 1. The van der Waals surface area contributed by atoms with Gasteiger partial charge in [0.1, 0.15) is 5.60 Å². The van der Waals surface area contributed by atoms with Crippen LogP contribution in [0.5, 0.6) is 0 Å². The molecular formula is C12H20N2O2S. The lowest BCUT2D eigenvalue weighted by molar-refractivity contribution is -0.153. The van der Waals surface area contributed by atoms with Crippen LogP contribution >= 0.6 is 11.3 Å². The topological polar surface area (TPSA) is 51.2 Å². The minimum Gasteiger partial charge on any atom is -0.459 e. The monoisotopic (exact) mass is 256 g/mol. The largest absolute Gasteiger partial charge is 0.459 e. The summed E-state index contributed by atoms with van der Waals surface area (Å²) in [5.74, 6) is -0.240. The normalized spacial score (nSPS) is 13.5. The fourth-order valence-corrected chi connectivity index (χ4v) is 2.00. The first-order chi connectivity index (χ1) is 7.78. The van der Waals surface area contributed by atoms with E-state index in [2.05, 4.69) is 10.3 Å². The minimum atomic E-state index is -0.431. The number of thiazole rings is 1. The molecule has 0 aromatic carbocycles. The standard InChI is InChI=1S/C12H20N2O2S/c1-8(10-7-17-9(2)14-10)13-6-11(15)16-12(3,4)5/h7-8,13H,6H2,1-5H3. The third-order valence-corrected chi connectivity index (χ3v) is 2.84. The first-order valence-corrected chi connectivity index (χ1v) is 6.53. The lowest BCUT2D eigenvalue weighted by Gasteiger charge is -2.20. The van der Waals surface area contributed by atoms with Gasteiger partial charge < -0.3 is 4.74 Å². The van der Waals surface area contributed by atoms with E-state index < -0.39 is 5.60 Å². The van der Waals surface area contributed by atoms with Crippen molar-refractivity contribution in [2.24, 2.45) is 0 Å². The second-order valence-corrected chi connectivity index (χ2v) is 6.04. The van der Waals surface area contributed by atoms with E-state index in [0.29, 0.717) is 0 Å². The van der Waals surface area contributed by atoms with Gasteiger partial charge in [0.25, 0.3) is 0 Å². The summed E-state index contributed by atoms with van der Waals surface area (Å²) >= 11 is 1.61. The van der Waals surface area contributed by atoms with Crippen LogP contribution in [0.4, 0.5) is 0 Å². The number of nitrogens with zero attached hydrogens (tertiary/aromatic N) is 1. The van der Waals surface area contributed by atoms with Gasteiger partial charge in [0, 0.05) is 11.4 Å². The number of carbonyl (C=O) groups is 1. The first-order valence-electron chi connectivity index (χ1n) is 5.65. The smallest absolute Gasteiger partial charge is 0.320 e. The van der Waals surface area contributed by atoms with Gasteiger partial charge in [0.2, 0.25) is 0 Å². The summed E-state index contributed by atoms with van der Waals surface area (Å²) in [6, 6.07) is 0.0625. The number of ether oxygens (including phenoxy) is 1. The van der Waals surface area contributed by atoms with Gasteiger partial charge in [-0.05, 0) is 34.6 Å². The van der Waals surface area contributed by atoms with Gasteiger partial charge >= 0.3 is 5.97 Å². The molecule has 0 aliphatic heterocycles. The van der Waals surface area contributed by atoms with E-state index in [1.54, 1.807) is 11.3 Å². The van der Waals surface area contributed by atoms with Gasteiger partial charge in [0.15, 0.2) is 0 Å². The Morgan fingerprint density at radius 2 is 2.24 bits per heavy atom. The van der Waals surface area contributed by atoms with Crippen LogP contribution in [0.2, 0.25) is 0 Å². The lowest BCUT2D eigenvalue weighted by atomic mass is 10.2. The predicted molar refractivity (Wildman–Crippen MR) is 69.1 cm³/mol. The Bertz CT molecular complexity index is 382. The molecule has 1 heterocycles. The Balaban J connectivity index is 2.38. The maximum absolute atomic E-state index is 11.5. The van der Waals surface area contributed by atoms with Crippen LogP contribution in [0.1, 0.15) is 44.4 Å². The van der Waals surface area contributed by atoms with Crippen LogP contribution in [-0.2, 0) is 9.53 Å². The van der Waals surface area contributed by atoms with E-state index in [9.17, 15) is 4.79 Å². The van der Waals surface area contributed by atoms with Crippen molar-refractivity contribution in [3.63, 3.8) is 0 Å². The molecule has 1 aromatic rings. The third kappa shape index (κ3) is 5.28. The van der Waals surface area contributed by atoms with Gasteiger partial charge in [-0.1, -0.05) is 0 Å². The molecule has 1 rings (SSSR count). The number of nitrogens with one attached hydrogen (secondary N) is 1. The van der Waals surface area contributed by atoms with Crippen molar-refractivity contribution in [3.8, 4) is 0 Å². The van der Waals surface area contributed by atoms with Crippen LogP contribution in [0.3, 0.4) is 0 Å². The number of rotatable bonds is 4. The summed E-state index contributed by atoms with van der Waals surface area (Å²) in [5.41, 5.74) is 0.537. The zero-order valence-electron chi connectivity index (χ0n) is 11.0. The highest BCUT2D eigenvalue weighted by atomic mass is 32.1. The van der Waals surface area contributed by atoms with Crippen LogP contribution < -0.4 is 5.32 Å². The summed E-state index contributed by atoms with van der Waals surface area (Å²) in [4.78, 5) is 15.9. The van der Waals surface area contributed by atoms with Crippen molar-refractivity contribution in [2.75, 3.05) is 6.54 Å². The molecule has 5 heteroatoms. The van der Waals surface area contributed by atoms with Crippen molar-refractivity contribution in [1.29, 1.82) is 0 Å². The number of esters is 1. The Labute approximate surface area is 106 Å². The van der Waals surface area contributed by atoms with E-state index in [0.717, 1.165) is 10.7 Å². The molecule has 0 amide bonds. The Hall–Kier alpha value is -0.940. The molecule has 1 atom stereocenters. The summed E-state index contributed by atoms with van der Waals surface area (Å²) in [5, 5.41) is 6.14. The van der Waals surface area contributed by atoms with Crippen molar-refractivity contribution in [1.82, 2.24) is 10.3 Å². The predicted octanol–water partition coefficient (Wildman–Crippen LogP) is 2.44. The molecule has 17 heavy (non-hydrogen) atoms. The van der Waals surface area contributed by atoms with Gasteiger partial charge in [-0.3, -0.25) is 10.1 Å². The fourth-order valence-electron chi connectivity index (χ4n) is 1.30. The SMILES string of the molecule is Cc1nc(C(C)NCC(=O)OC(C)(C)C)cs1. The summed E-state index contributed by atoms with van der Waals surface area (Å²) in [6.45, 7) is 9.73. The van der Waals surface area contributed by atoms with Gasteiger partial charge in [-0.25, -0.2) is 4.98 Å². The van der Waals surface area contributed by atoms with Crippen LogP contribution in [0.25, 0.3) is 0 Å². The Morgan fingerprint density at radius 3 is 2.71 bits per heavy atom. The van der Waals surface area contributed by atoms with E-state index in [1.165, 1.54) is 0 Å². The summed E-state index contributed by atoms with van der Waals surface area (Å²) < 4.78 is 5.21. The zero-order chi connectivity index (χ0) is 13.1. The molecule has 1 unspecified atom stereocenters. The second-order valence-electron chi connectivity index (χ2n) is 4.98. The van der Waals surface area contributed by atoms with Crippen LogP contribution in [-0.4, -0.2) is 23.1 Å². The maximum Gasteiger partial charge on any atom is 0.320 e. The molecule has 0 radical (unpaired) electrons. The molecule has 96 valence electrons. The maximum atomic E-state index is 11.5. The molecule has 1 aromatic heterocycles. The van der Waals surface area contributed by atoms with Gasteiger partial charge in [-0.15, -0.1) is 11.3 Å². The van der Waals surface area contributed by atoms with Crippen molar-refractivity contribution in [3.05, 3.63) is 16.1 Å². The number of aromatic nitrogens is 1. The summed E-state index contributed by atoms with van der Waals surface area (Å²) in [7, 11) is 0. The highest BCUT2D eigenvalue weighted by Gasteiger charge is 2.17. The van der Waals surface area contributed by atoms with E-state index >= 15 is 0 Å². The van der Waals surface area contributed by atoms with E-state index in [4.69, 9.17) is 4.74 Å². The van der Waals surface area contributed by atoms with E-state index in [1.807, 2.05) is 40.0 Å². The van der Waals surface area contributed by atoms with Crippen molar-refractivity contribution >= 4 is 17.3 Å². The minimum absolute atomic E-state index is 0.0625. The highest BCUT2D eigenvalue weighted by molar-refractivity contribution is 7.09. The third-order valence-electron chi connectivity index (χ3n) is 2.05. The fraction of sp³-hybridized carbons (Fsp3) is 0.667. The molecule has 0 saturated heterocycles. The van der Waals surface area contributed by atoms with Crippen LogP contribution in [0.15, 0.2) is 5.38 Å². The Kier molecular flexibility index (Phi) is 4.65. The number of hydrogen-bond acceptors (Lipinski definition) is 5. The molecule has 0 spiro atoms. The first kappa shape index (κ1) is 14.1. The summed E-state index contributed by atoms with van der Waals surface area (Å²) in [6.07, 6.45) is 0. The average molecular weight is 256 g/mol. The Morgan fingerprint density at radius 1 is 1.59 bits per heavy atom. The molecule has 0 bridgehead atoms. The van der Waals surface area contributed by atoms with Gasteiger partial charge in [0.05, 0.1) is 17.2 Å². The molecule has 0 fully saturated rings. The van der Waals surface area contributed by atoms with Crippen LogP contribution in [0, 0.1) is 6.92 Å². The van der Waals surface area contributed by atoms with E-state index in [-0.39, 0.29) is 18.6 Å². The second kappa shape index (κ2) is 5.60. The van der Waals surface area contributed by atoms with Gasteiger partial charge in [-0.2, -0.15) is 0 Å². The average Bonchev–Trinajstić information content (AvgIpc) is 2.58. The molecule has 4 nitrogen and oxygen atoms in total.